The van der Waals surface area contributed by atoms with Crippen LogP contribution in [0.1, 0.15) is 58.2 Å². The molecule has 1 aromatic carbocycles. The topological polar surface area (TPSA) is 175 Å². The number of amidine groups is 1. The number of aromatic nitrogens is 1. The van der Waals surface area contributed by atoms with Crippen molar-refractivity contribution in [3.05, 3.63) is 75.1 Å². The molecular formula is C32H36N6O7S. The third kappa shape index (κ3) is 7.41. The van der Waals surface area contributed by atoms with Gasteiger partial charge in [0, 0.05) is 46.5 Å². The standard InChI is InChI=1S/C32H36N6O7S/c1-18-11-19(2)28(34-14-18)22-5-7-23(8-6-22)30(41)35-15-27(40)38-17-32(43-9-10-44-32)13-25(38)31(42)36-20(3)26-12-24(16-46-26)29(33)37-45-21(4)39/h5-8,11-12,14,16,20,25H,9-10,13,15,17H2,1-4H3,(H2,33,37)(H,35,41)(H,36,42)/t20?,25-/m0/s1. The lowest BCUT2D eigenvalue weighted by molar-refractivity contribution is -0.152. The first kappa shape index (κ1) is 32.7. The van der Waals surface area contributed by atoms with E-state index in [1.807, 2.05) is 32.0 Å². The van der Waals surface area contributed by atoms with Crippen molar-refractivity contribution in [1.29, 1.82) is 0 Å². The van der Waals surface area contributed by atoms with Gasteiger partial charge in [-0.05, 0) is 50.1 Å². The molecule has 0 aliphatic carbocycles. The van der Waals surface area contributed by atoms with Crippen LogP contribution in [0.25, 0.3) is 11.3 Å². The van der Waals surface area contributed by atoms with E-state index in [2.05, 4.69) is 25.6 Å². The fourth-order valence-corrected chi connectivity index (χ4v) is 6.37. The number of rotatable bonds is 9. The molecule has 2 atom stereocenters. The minimum absolute atomic E-state index is 0.0256. The molecule has 5 rings (SSSR count). The van der Waals surface area contributed by atoms with Crippen molar-refractivity contribution in [2.75, 3.05) is 26.3 Å². The zero-order valence-corrected chi connectivity index (χ0v) is 26.8. The Labute approximate surface area is 270 Å². The number of hydrogen-bond acceptors (Lipinski definition) is 10. The van der Waals surface area contributed by atoms with Crippen LogP contribution < -0.4 is 16.4 Å². The number of ether oxygens (including phenoxy) is 2. The van der Waals surface area contributed by atoms with E-state index in [0.717, 1.165) is 27.3 Å². The van der Waals surface area contributed by atoms with Gasteiger partial charge in [0.25, 0.3) is 5.91 Å². The highest BCUT2D eigenvalue weighted by Crippen LogP contribution is 2.35. The molecule has 2 saturated heterocycles. The fraction of sp³-hybridized carbons (Fsp3) is 0.375. The molecule has 0 bridgehead atoms. The lowest BCUT2D eigenvalue weighted by atomic mass is 10.0. The Morgan fingerprint density at radius 1 is 1.15 bits per heavy atom. The fourth-order valence-electron chi connectivity index (χ4n) is 5.46. The summed E-state index contributed by atoms with van der Waals surface area (Å²) < 4.78 is 11.7. The number of amides is 3. The van der Waals surface area contributed by atoms with Gasteiger partial charge in [-0.2, -0.15) is 0 Å². The molecule has 1 spiro atoms. The summed E-state index contributed by atoms with van der Waals surface area (Å²) in [4.78, 5) is 62.2. The van der Waals surface area contributed by atoms with E-state index >= 15 is 0 Å². The molecular weight excluding hydrogens is 612 g/mol. The van der Waals surface area contributed by atoms with Gasteiger partial charge in [-0.1, -0.05) is 23.4 Å². The molecule has 3 amide bonds. The quantitative estimate of drug-likeness (QED) is 0.136. The molecule has 242 valence electrons. The van der Waals surface area contributed by atoms with Crippen LogP contribution in [0.3, 0.4) is 0 Å². The van der Waals surface area contributed by atoms with Crippen molar-refractivity contribution in [3.8, 4) is 11.3 Å². The molecule has 14 heteroatoms. The number of pyridine rings is 1. The second-order valence-electron chi connectivity index (χ2n) is 11.3. The number of nitrogens with zero attached hydrogens (tertiary/aromatic N) is 3. The summed E-state index contributed by atoms with van der Waals surface area (Å²) in [6, 6.07) is 9.47. The Morgan fingerprint density at radius 2 is 1.87 bits per heavy atom. The third-order valence-electron chi connectivity index (χ3n) is 7.74. The highest BCUT2D eigenvalue weighted by molar-refractivity contribution is 7.10. The molecule has 2 aliphatic heterocycles. The van der Waals surface area contributed by atoms with Crippen LogP contribution in [0.5, 0.6) is 0 Å². The van der Waals surface area contributed by atoms with Crippen LogP contribution in [0.15, 0.2) is 53.1 Å². The summed E-state index contributed by atoms with van der Waals surface area (Å²) in [6.07, 6.45) is 1.95. The normalized spacial score (nSPS) is 18.0. The van der Waals surface area contributed by atoms with Gasteiger partial charge in [0.2, 0.25) is 11.8 Å². The SMILES string of the molecule is CC(=O)ON=C(N)c1csc(C(C)NC(=O)[C@@H]2CC3(CN2C(=O)CNC(=O)c2ccc(-c4ncc(C)cc4C)cc2)OCCO3)c1. The van der Waals surface area contributed by atoms with E-state index in [1.165, 1.54) is 23.2 Å². The largest absolute Gasteiger partial charge is 0.380 e. The predicted octanol–water partition coefficient (Wildman–Crippen LogP) is 2.56. The second-order valence-corrected chi connectivity index (χ2v) is 12.3. The van der Waals surface area contributed by atoms with Gasteiger partial charge in [0.05, 0.1) is 38.0 Å². The number of hydrogen-bond donors (Lipinski definition) is 3. The highest BCUT2D eigenvalue weighted by Gasteiger charge is 2.52. The van der Waals surface area contributed by atoms with Crippen LogP contribution >= 0.6 is 11.3 Å². The van der Waals surface area contributed by atoms with Gasteiger partial charge in [0.1, 0.15) is 6.04 Å². The predicted molar refractivity (Wildman–Crippen MR) is 170 cm³/mol. The maximum atomic E-state index is 13.5. The van der Waals surface area contributed by atoms with Crippen LogP contribution in [0.2, 0.25) is 0 Å². The number of likely N-dealkylation sites (tertiary alicyclic amines) is 1. The first-order chi connectivity index (χ1) is 21.9. The summed E-state index contributed by atoms with van der Waals surface area (Å²) in [5, 5.41) is 11.0. The maximum Gasteiger partial charge on any atom is 0.332 e. The second kappa shape index (κ2) is 13.8. The first-order valence-electron chi connectivity index (χ1n) is 14.7. The summed E-state index contributed by atoms with van der Waals surface area (Å²) in [7, 11) is 0. The zero-order valence-electron chi connectivity index (χ0n) is 26.0. The molecule has 13 nitrogen and oxygen atoms in total. The molecule has 3 aromatic rings. The molecule has 0 radical (unpaired) electrons. The monoisotopic (exact) mass is 648 g/mol. The summed E-state index contributed by atoms with van der Waals surface area (Å²) >= 11 is 1.34. The van der Waals surface area contributed by atoms with Gasteiger partial charge in [0.15, 0.2) is 11.6 Å². The van der Waals surface area contributed by atoms with Crippen molar-refractivity contribution < 1.29 is 33.5 Å². The van der Waals surface area contributed by atoms with Crippen molar-refractivity contribution in [1.82, 2.24) is 20.5 Å². The van der Waals surface area contributed by atoms with Crippen LogP contribution in [0.4, 0.5) is 0 Å². The van der Waals surface area contributed by atoms with E-state index < -0.39 is 41.6 Å². The summed E-state index contributed by atoms with van der Waals surface area (Å²) in [5.41, 5.74) is 10.6. The summed E-state index contributed by atoms with van der Waals surface area (Å²) in [6.45, 7) is 7.43. The van der Waals surface area contributed by atoms with Gasteiger partial charge in [-0.25, -0.2) is 4.79 Å². The minimum Gasteiger partial charge on any atom is -0.380 e. The third-order valence-corrected chi connectivity index (χ3v) is 8.85. The lowest BCUT2D eigenvalue weighted by Crippen LogP contribution is -2.49. The van der Waals surface area contributed by atoms with Gasteiger partial charge < -0.3 is 35.6 Å². The molecule has 1 unspecified atom stereocenters. The number of benzene rings is 1. The molecule has 0 saturated carbocycles. The van der Waals surface area contributed by atoms with E-state index in [4.69, 9.17) is 15.2 Å². The highest BCUT2D eigenvalue weighted by atomic mass is 32.1. The Kier molecular flexibility index (Phi) is 9.79. The zero-order chi connectivity index (χ0) is 33.0. The number of aryl methyl sites for hydroxylation is 2. The van der Waals surface area contributed by atoms with Crippen molar-refractivity contribution in [3.63, 3.8) is 0 Å². The van der Waals surface area contributed by atoms with Crippen LogP contribution in [-0.2, 0) is 28.7 Å². The smallest absolute Gasteiger partial charge is 0.332 e. The Bertz CT molecular complexity index is 1670. The molecule has 2 fully saturated rings. The van der Waals surface area contributed by atoms with E-state index in [-0.39, 0.29) is 25.3 Å². The molecule has 2 aromatic heterocycles. The average Bonchev–Trinajstić information content (AvgIpc) is 3.79. The van der Waals surface area contributed by atoms with Gasteiger partial charge >= 0.3 is 5.97 Å². The van der Waals surface area contributed by atoms with Crippen LogP contribution in [0, 0.1) is 13.8 Å². The average molecular weight is 649 g/mol. The molecule has 46 heavy (non-hydrogen) atoms. The Balaban J connectivity index is 1.22. The summed E-state index contributed by atoms with van der Waals surface area (Å²) in [5.74, 6) is -2.91. The van der Waals surface area contributed by atoms with Crippen molar-refractivity contribution >= 4 is 40.9 Å². The van der Waals surface area contributed by atoms with Crippen molar-refractivity contribution in [2.24, 2.45) is 10.9 Å². The number of oxime groups is 1. The van der Waals surface area contributed by atoms with E-state index in [1.54, 1.807) is 36.7 Å². The van der Waals surface area contributed by atoms with E-state index in [9.17, 15) is 19.2 Å². The number of nitrogens with two attached hydrogens (primary N) is 1. The molecule has 4 heterocycles. The first-order valence-corrected chi connectivity index (χ1v) is 15.6. The molecule has 2 aliphatic rings. The van der Waals surface area contributed by atoms with Gasteiger partial charge in [-0.3, -0.25) is 19.4 Å². The van der Waals surface area contributed by atoms with Crippen molar-refractivity contribution in [2.45, 2.75) is 52.0 Å². The number of nitrogens with one attached hydrogen (secondary N) is 2. The lowest BCUT2D eigenvalue weighted by Gasteiger charge is -2.25. The van der Waals surface area contributed by atoms with E-state index in [0.29, 0.717) is 24.3 Å². The maximum absolute atomic E-state index is 13.5. The Morgan fingerprint density at radius 3 is 2.54 bits per heavy atom. The number of thiophene rings is 1. The van der Waals surface area contributed by atoms with Crippen LogP contribution in [-0.4, -0.2) is 77.5 Å². The number of carbonyl (C=O) groups excluding carboxylic acids is 4. The Hall–Kier alpha value is -4.66. The minimum atomic E-state index is -1.08. The van der Waals surface area contributed by atoms with Gasteiger partial charge in [-0.15, -0.1) is 11.3 Å². The molecule has 4 N–H and O–H groups in total. The number of carbonyl (C=O) groups is 4.